The maximum Gasteiger partial charge on any atom is 0.121 e. The second kappa shape index (κ2) is 24.8. The summed E-state index contributed by atoms with van der Waals surface area (Å²) in [5.74, 6) is 1.08. The SMILES string of the molecule is OCCc1cc(C(O)CNCCCCCCOCCCc2ccc(OCCCCCCNCC(O)c3ccc(O)c(CO)c3)cc2)ccc1O. The Balaban J connectivity index is 1.09. The molecule has 0 amide bonds. The van der Waals surface area contributed by atoms with Crippen LogP contribution >= 0.6 is 0 Å². The molecule has 2 atom stereocenters. The fourth-order valence-corrected chi connectivity index (χ4v) is 5.72. The number of hydrogen-bond donors (Lipinski definition) is 8. The number of ether oxygens (including phenoxy) is 2. The molecule has 278 valence electrons. The molecule has 8 N–H and O–H groups in total. The van der Waals surface area contributed by atoms with Gasteiger partial charge in [-0.05, 0) is 117 Å². The van der Waals surface area contributed by atoms with E-state index >= 15 is 0 Å². The van der Waals surface area contributed by atoms with E-state index in [2.05, 4.69) is 22.8 Å². The van der Waals surface area contributed by atoms with Gasteiger partial charge in [-0.2, -0.15) is 0 Å². The highest BCUT2D eigenvalue weighted by molar-refractivity contribution is 5.38. The first-order chi connectivity index (χ1) is 24.4. The Bertz CT molecular complexity index is 1320. The number of hydrogen-bond acceptors (Lipinski definition) is 10. The van der Waals surface area contributed by atoms with Gasteiger partial charge in [0.05, 0.1) is 25.4 Å². The molecule has 0 fully saturated rings. The lowest BCUT2D eigenvalue weighted by atomic mass is 10.0. The zero-order valence-electron chi connectivity index (χ0n) is 29.6. The molecule has 0 aliphatic rings. The molecular formula is C40H60N2O8. The average molecular weight is 697 g/mol. The van der Waals surface area contributed by atoms with Crippen molar-refractivity contribution in [2.45, 2.75) is 89.4 Å². The van der Waals surface area contributed by atoms with Crippen molar-refractivity contribution in [3.8, 4) is 17.2 Å². The van der Waals surface area contributed by atoms with Crippen molar-refractivity contribution in [3.63, 3.8) is 0 Å². The largest absolute Gasteiger partial charge is 0.508 e. The molecule has 0 aromatic heterocycles. The standard InChI is InChI=1S/C40H60N2O8/c43-22-19-34-26-32(13-17-37(34)45)39(47)28-41-20-5-1-3-7-23-49-24-9-10-31-11-15-36(16-12-31)50-25-8-4-2-6-21-42-29-40(48)33-14-18-38(46)35(27-33)30-44/h11-18,26-27,39-48H,1-10,19-25,28-30H2. The highest BCUT2D eigenvalue weighted by atomic mass is 16.5. The molecule has 0 saturated carbocycles. The van der Waals surface area contributed by atoms with Crippen molar-refractivity contribution in [1.82, 2.24) is 10.6 Å². The van der Waals surface area contributed by atoms with Crippen molar-refractivity contribution in [2.24, 2.45) is 0 Å². The number of rotatable bonds is 28. The minimum Gasteiger partial charge on any atom is -0.508 e. The third-order valence-electron chi connectivity index (χ3n) is 8.79. The monoisotopic (exact) mass is 696 g/mol. The van der Waals surface area contributed by atoms with Gasteiger partial charge >= 0.3 is 0 Å². The molecule has 50 heavy (non-hydrogen) atoms. The number of aliphatic hydroxyl groups excluding tert-OH is 4. The molecule has 2 unspecified atom stereocenters. The van der Waals surface area contributed by atoms with Gasteiger partial charge in [-0.3, -0.25) is 0 Å². The summed E-state index contributed by atoms with van der Waals surface area (Å²) >= 11 is 0. The molecule has 10 nitrogen and oxygen atoms in total. The first-order valence-electron chi connectivity index (χ1n) is 18.3. The van der Waals surface area contributed by atoms with E-state index in [1.165, 1.54) is 11.6 Å². The first-order valence-corrected chi connectivity index (χ1v) is 18.3. The topological polar surface area (TPSA) is 164 Å². The number of aromatic hydroxyl groups is 2. The smallest absolute Gasteiger partial charge is 0.121 e. The second-order valence-corrected chi connectivity index (χ2v) is 12.9. The lowest BCUT2D eigenvalue weighted by molar-refractivity contribution is 0.127. The quantitative estimate of drug-likeness (QED) is 0.0473. The van der Waals surface area contributed by atoms with E-state index in [0.717, 1.165) is 102 Å². The minimum atomic E-state index is -0.682. The summed E-state index contributed by atoms with van der Waals surface area (Å²) in [5.41, 5.74) is 3.77. The normalized spacial score (nSPS) is 12.6. The molecule has 3 aromatic rings. The van der Waals surface area contributed by atoms with Crippen LogP contribution in [0.1, 0.15) is 97.8 Å². The lowest BCUT2D eigenvalue weighted by Crippen LogP contribution is -2.22. The number of phenols is 2. The number of benzene rings is 3. The van der Waals surface area contributed by atoms with Gasteiger partial charge in [0.15, 0.2) is 0 Å². The van der Waals surface area contributed by atoms with Crippen LogP contribution < -0.4 is 15.4 Å². The number of unbranched alkanes of at least 4 members (excludes halogenated alkanes) is 6. The predicted molar refractivity (Wildman–Crippen MR) is 197 cm³/mol. The summed E-state index contributed by atoms with van der Waals surface area (Å²) in [6.45, 7) is 4.48. The van der Waals surface area contributed by atoms with Crippen LogP contribution in [0.15, 0.2) is 60.7 Å². The van der Waals surface area contributed by atoms with E-state index in [1.54, 1.807) is 30.3 Å². The minimum absolute atomic E-state index is 0.0370. The zero-order chi connectivity index (χ0) is 35.8. The third kappa shape index (κ3) is 16.2. The van der Waals surface area contributed by atoms with Gasteiger partial charge in [-0.25, -0.2) is 0 Å². The highest BCUT2D eigenvalue weighted by Gasteiger charge is 2.11. The summed E-state index contributed by atoms with van der Waals surface area (Å²) in [5, 5.41) is 65.2. The van der Waals surface area contributed by atoms with Crippen molar-refractivity contribution in [3.05, 3.63) is 88.5 Å². The molecule has 0 heterocycles. The van der Waals surface area contributed by atoms with Crippen LogP contribution in [0.2, 0.25) is 0 Å². The Morgan fingerprint density at radius 1 is 0.560 bits per heavy atom. The summed E-state index contributed by atoms with van der Waals surface area (Å²) in [7, 11) is 0. The van der Waals surface area contributed by atoms with Crippen LogP contribution in [-0.2, 0) is 24.2 Å². The van der Waals surface area contributed by atoms with E-state index < -0.39 is 12.2 Å². The molecule has 0 spiro atoms. The van der Waals surface area contributed by atoms with Crippen LogP contribution in [-0.4, -0.2) is 83.2 Å². The molecule has 3 rings (SSSR count). The Morgan fingerprint density at radius 3 is 1.70 bits per heavy atom. The summed E-state index contributed by atoms with van der Waals surface area (Å²) in [6, 6.07) is 18.2. The second-order valence-electron chi connectivity index (χ2n) is 12.9. The van der Waals surface area contributed by atoms with Gasteiger partial charge in [0.25, 0.3) is 0 Å². The van der Waals surface area contributed by atoms with E-state index in [1.807, 2.05) is 12.1 Å². The van der Waals surface area contributed by atoms with Crippen molar-refractivity contribution in [1.29, 1.82) is 0 Å². The molecule has 0 aliphatic carbocycles. The summed E-state index contributed by atoms with van der Waals surface area (Å²) in [6.07, 6.45) is 9.52. The molecular weight excluding hydrogens is 636 g/mol. The number of aliphatic hydroxyl groups is 4. The molecule has 0 aliphatic heterocycles. The Morgan fingerprint density at radius 2 is 1.10 bits per heavy atom. The van der Waals surface area contributed by atoms with Crippen molar-refractivity contribution >= 4 is 0 Å². The fraction of sp³-hybridized carbons (Fsp3) is 0.550. The van der Waals surface area contributed by atoms with Gasteiger partial charge in [0.1, 0.15) is 17.2 Å². The fourth-order valence-electron chi connectivity index (χ4n) is 5.72. The molecule has 0 bridgehead atoms. The molecule has 3 aromatic carbocycles. The summed E-state index contributed by atoms with van der Waals surface area (Å²) < 4.78 is 11.7. The number of nitrogens with one attached hydrogen (secondary N) is 2. The third-order valence-corrected chi connectivity index (χ3v) is 8.79. The summed E-state index contributed by atoms with van der Waals surface area (Å²) in [4.78, 5) is 0. The maximum atomic E-state index is 10.4. The predicted octanol–water partition coefficient (Wildman–Crippen LogP) is 5.22. The van der Waals surface area contributed by atoms with E-state index in [-0.39, 0.29) is 24.7 Å². The van der Waals surface area contributed by atoms with Crippen LogP contribution in [0.4, 0.5) is 0 Å². The van der Waals surface area contributed by atoms with Crippen LogP contribution in [0.25, 0.3) is 0 Å². The maximum absolute atomic E-state index is 10.4. The van der Waals surface area contributed by atoms with E-state index in [4.69, 9.17) is 14.6 Å². The van der Waals surface area contributed by atoms with E-state index in [0.29, 0.717) is 42.8 Å². The van der Waals surface area contributed by atoms with Crippen LogP contribution in [0.3, 0.4) is 0 Å². The first kappa shape index (κ1) is 41.2. The van der Waals surface area contributed by atoms with Crippen LogP contribution in [0, 0.1) is 0 Å². The lowest BCUT2D eigenvalue weighted by Gasteiger charge is -2.14. The van der Waals surface area contributed by atoms with E-state index in [9.17, 15) is 25.5 Å². The Labute approximate surface area is 298 Å². The van der Waals surface area contributed by atoms with Crippen molar-refractivity contribution < 1.29 is 40.1 Å². The molecule has 10 heteroatoms. The highest BCUT2D eigenvalue weighted by Crippen LogP contribution is 2.24. The Kier molecular flexibility index (Phi) is 20.5. The zero-order valence-corrected chi connectivity index (χ0v) is 29.6. The van der Waals surface area contributed by atoms with Gasteiger partial charge in [-0.1, -0.05) is 49.9 Å². The number of phenolic OH excluding ortho intramolecular Hbond substituents is 1. The van der Waals surface area contributed by atoms with Crippen LogP contribution in [0.5, 0.6) is 17.2 Å². The Hall–Kier alpha value is -3.22. The van der Waals surface area contributed by atoms with Gasteiger partial charge in [0, 0.05) is 38.5 Å². The number of aryl methyl sites for hydroxylation is 1. The van der Waals surface area contributed by atoms with Gasteiger partial charge in [0.2, 0.25) is 0 Å². The van der Waals surface area contributed by atoms with Gasteiger partial charge < -0.3 is 50.7 Å². The average Bonchev–Trinajstić information content (AvgIpc) is 3.12. The van der Waals surface area contributed by atoms with Gasteiger partial charge in [-0.15, -0.1) is 0 Å². The molecule has 0 radical (unpaired) electrons. The van der Waals surface area contributed by atoms with Crippen molar-refractivity contribution in [2.75, 3.05) is 52.6 Å². The molecule has 0 saturated heterocycles.